The fourth-order valence-electron chi connectivity index (χ4n) is 1.50. The summed E-state index contributed by atoms with van der Waals surface area (Å²) in [5, 5.41) is 0. The molecule has 0 aliphatic carbocycles. The fourth-order valence-corrected chi connectivity index (χ4v) is 1.50. The molecule has 1 aromatic heterocycles. The lowest BCUT2D eigenvalue weighted by molar-refractivity contribution is 0.399. The normalized spacial score (nSPS) is 11.9. The number of nitrogens with zero attached hydrogens (tertiary/aromatic N) is 2. The van der Waals surface area contributed by atoms with Crippen molar-refractivity contribution in [3.05, 3.63) is 22.8 Å². The molecule has 1 rings (SSSR count). The average Bonchev–Trinajstić information content (AvgIpc) is 2.08. The minimum Gasteiger partial charge on any atom is -0.325 e. The van der Waals surface area contributed by atoms with Crippen LogP contribution in [0.1, 0.15) is 43.5 Å². The van der Waals surface area contributed by atoms with Crippen molar-refractivity contribution >= 4 is 0 Å². The Morgan fingerprint density at radius 1 is 1.13 bits per heavy atom. The Bertz CT molecular complexity index is 351. The van der Waals surface area contributed by atoms with E-state index < -0.39 is 0 Å². The highest BCUT2D eigenvalue weighted by Gasteiger charge is 2.15. The van der Waals surface area contributed by atoms with Crippen LogP contribution in [-0.2, 0) is 13.0 Å². The van der Waals surface area contributed by atoms with Gasteiger partial charge in [0.15, 0.2) is 0 Å². The molecular weight excluding hydrogens is 186 g/mol. The van der Waals surface area contributed by atoms with Gasteiger partial charge in [0.2, 0.25) is 0 Å². The molecule has 0 aromatic carbocycles. The number of hydrogen-bond donors (Lipinski definition) is 1. The van der Waals surface area contributed by atoms with Crippen molar-refractivity contribution in [3.63, 3.8) is 0 Å². The molecule has 0 saturated carbocycles. The number of aryl methyl sites for hydroxylation is 1. The van der Waals surface area contributed by atoms with Crippen molar-refractivity contribution in [1.29, 1.82) is 0 Å². The zero-order valence-corrected chi connectivity index (χ0v) is 10.4. The molecule has 84 valence electrons. The third-order valence-electron chi connectivity index (χ3n) is 2.42. The van der Waals surface area contributed by atoms with E-state index in [9.17, 15) is 0 Å². The Kier molecular flexibility index (Phi) is 3.45. The van der Waals surface area contributed by atoms with Crippen molar-refractivity contribution in [2.24, 2.45) is 11.1 Å². The van der Waals surface area contributed by atoms with E-state index in [1.165, 1.54) is 0 Å². The molecule has 1 aromatic rings. The molecule has 1 heterocycles. The first kappa shape index (κ1) is 12.1. The van der Waals surface area contributed by atoms with E-state index >= 15 is 0 Å². The first-order valence-electron chi connectivity index (χ1n) is 5.36. The van der Waals surface area contributed by atoms with E-state index in [0.29, 0.717) is 6.54 Å². The summed E-state index contributed by atoms with van der Waals surface area (Å²) < 4.78 is 0. The molecule has 2 N–H and O–H groups in total. The molecule has 3 heteroatoms. The van der Waals surface area contributed by atoms with Crippen molar-refractivity contribution < 1.29 is 0 Å². The quantitative estimate of drug-likeness (QED) is 0.808. The van der Waals surface area contributed by atoms with Crippen molar-refractivity contribution in [2.75, 3.05) is 0 Å². The van der Waals surface area contributed by atoms with Gasteiger partial charge in [0.1, 0.15) is 5.82 Å². The first-order valence-corrected chi connectivity index (χ1v) is 5.36. The van der Waals surface area contributed by atoms with Crippen molar-refractivity contribution in [3.8, 4) is 0 Å². The van der Waals surface area contributed by atoms with Crippen LogP contribution in [0.15, 0.2) is 0 Å². The van der Waals surface area contributed by atoms with Gasteiger partial charge in [-0.05, 0) is 24.8 Å². The van der Waals surface area contributed by atoms with Gasteiger partial charge in [0.05, 0.1) is 5.69 Å². The van der Waals surface area contributed by atoms with Gasteiger partial charge in [-0.2, -0.15) is 0 Å². The minimum atomic E-state index is 0.216. The molecule has 0 amide bonds. The minimum absolute atomic E-state index is 0.216. The zero-order chi connectivity index (χ0) is 11.6. The molecule has 0 unspecified atom stereocenters. The summed E-state index contributed by atoms with van der Waals surface area (Å²) in [4.78, 5) is 9.00. The maximum Gasteiger partial charge on any atom is 0.129 e. The summed E-state index contributed by atoms with van der Waals surface area (Å²) in [5.41, 5.74) is 9.02. The summed E-state index contributed by atoms with van der Waals surface area (Å²) in [6.45, 7) is 11.1. The Balaban J connectivity index is 3.06. The van der Waals surface area contributed by atoms with Crippen molar-refractivity contribution in [1.82, 2.24) is 9.97 Å². The largest absolute Gasteiger partial charge is 0.325 e. The SMILES string of the molecule is Cc1nc(CC(C)(C)C)nc(CN)c1C. The first-order chi connectivity index (χ1) is 6.83. The third kappa shape index (κ3) is 3.27. The Hall–Kier alpha value is -0.960. The lowest BCUT2D eigenvalue weighted by Crippen LogP contribution is -2.15. The summed E-state index contributed by atoms with van der Waals surface area (Å²) in [6.07, 6.45) is 0.890. The van der Waals surface area contributed by atoms with Crippen LogP contribution < -0.4 is 5.73 Å². The van der Waals surface area contributed by atoms with Crippen LogP contribution in [0.3, 0.4) is 0 Å². The molecule has 0 saturated heterocycles. The van der Waals surface area contributed by atoms with E-state index in [1.54, 1.807) is 0 Å². The van der Waals surface area contributed by atoms with Gasteiger partial charge >= 0.3 is 0 Å². The van der Waals surface area contributed by atoms with Crippen LogP contribution in [0.4, 0.5) is 0 Å². The molecule has 0 aliphatic heterocycles. The second-order valence-corrected chi connectivity index (χ2v) is 5.24. The standard InChI is InChI=1S/C12H21N3/c1-8-9(2)14-11(6-12(3,4)5)15-10(8)7-13/h6-7,13H2,1-5H3. The molecule has 3 nitrogen and oxygen atoms in total. The van der Waals surface area contributed by atoms with Crippen LogP contribution in [0.5, 0.6) is 0 Å². The van der Waals surface area contributed by atoms with Gasteiger partial charge in [-0.3, -0.25) is 0 Å². The molecule has 0 spiro atoms. The van der Waals surface area contributed by atoms with E-state index in [-0.39, 0.29) is 5.41 Å². The highest BCUT2D eigenvalue weighted by molar-refractivity contribution is 5.23. The van der Waals surface area contributed by atoms with Gasteiger partial charge in [0, 0.05) is 18.7 Å². The molecule has 0 fully saturated rings. The predicted octanol–water partition coefficient (Wildman–Crippen LogP) is 2.14. The molecule has 0 aliphatic rings. The average molecular weight is 207 g/mol. The number of hydrogen-bond acceptors (Lipinski definition) is 3. The number of rotatable bonds is 2. The Labute approximate surface area is 92.1 Å². The predicted molar refractivity (Wildman–Crippen MR) is 62.6 cm³/mol. The van der Waals surface area contributed by atoms with Crippen LogP contribution in [0.2, 0.25) is 0 Å². The van der Waals surface area contributed by atoms with E-state index in [2.05, 4.69) is 30.7 Å². The van der Waals surface area contributed by atoms with Crippen LogP contribution >= 0.6 is 0 Å². The highest BCUT2D eigenvalue weighted by Crippen LogP contribution is 2.19. The van der Waals surface area contributed by atoms with Crippen LogP contribution in [0.25, 0.3) is 0 Å². The van der Waals surface area contributed by atoms with Crippen molar-refractivity contribution in [2.45, 2.75) is 47.6 Å². The van der Waals surface area contributed by atoms with Crippen LogP contribution in [-0.4, -0.2) is 9.97 Å². The summed E-state index contributed by atoms with van der Waals surface area (Å²) in [5.74, 6) is 0.908. The summed E-state index contributed by atoms with van der Waals surface area (Å²) in [6, 6.07) is 0. The maximum atomic E-state index is 5.66. The van der Waals surface area contributed by atoms with Gasteiger partial charge < -0.3 is 5.73 Å². The lowest BCUT2D eigenvalue weighted by atomic mass is 9.92. The molecule has 0 bridgehead atoms. The number of aromatic nitrogens is 2. The zero-order valence-electron chi connectivity index (χ0n) is 10.4. The molecule has 0 radical (unpaired) electrons. The molecular formula is C12H21N3. The third-order valence-corrected chi connectivity index (χ3v) is 2.42. The molecule has 15 heavy (non-hydrogen) atoms. The van der Waals surface area contributed by atoms with Gasteiger partial charge in [-0.15, -0.1) is 0 Å². The topological polar surface area (TPSA) is 51.8 Å². The Morgan fingerprint density at radius 3 is 2.20 bits per heavy atom. The van der Waals surface area contributed by atoms with Gasteiger partial charge in [-0.25, -0.2) is 9.97 Å². The van der Waals surface area contributed by atoms with E-state index in [1.807, 2.05) is 13.8 Å². The monoisotopic (exact) mass is 207 g/mol. The Morgan fingerprint density at radius 2 is 1.73 bits per heavy atom. The van der Waals surface area contributed by atoms with Gasteiger partial charge in [-0.1, -0.05) is 20.8 Å². The van der Waals surface area contributed by atoms with Gasteiger partial charge in [0.25, 0.3) is 0 Å². The second kappa shape index (κ2) is 4.27. The lowest BCUT2D eigenvalue weighted by Gasteiger charge is -2.18. The highest BCUT2D eigenvalue weighted by atomic mass is 14.9. The maximum absolute atomic E-state index is 5.66. The van der Waals surface area contributed by atoms with E-state index in [0.717, 1.165) is 29.2 Å². The number of nitrogens with two attached hydrogens (primary N) is 1. The summed E-state index contributed by atoms with van der Waals surface area (Å²) in [7, 11) is 0. The fraction of sp³-hybridized carbons (Fsp3) is 0.667. The van der Waals surface area contributed by atoms with E-state index in [4.69, 9.17) is 5.73 Å². The second-order valence-electron chi connectivity index (χ2n) is 5.24. The molecule has 0 atom stereocenters. The smallest absolute Gasteiger partial charge is 0.129 e. The summed E-state index contributed by atoms with van der Waals surface area (Å²) >= 11 is 0. The van der Waals surface area contributed by atoms with Crippen LogP contribution in [0, 0.1) is 19.3 Å².